The van der Waals surface area contributed by atoms with Gasteiger partial charge < -0.3 is 19.9 Å². The molecule has 2 saturated heterocycles. The van der Waals surface area contributed by atoms with Crippen LogP contribution in [0.5, 0.6) is 0 Å². The number of rotatable bonds is 7. The molecule has 1 aromatic heterocycles. The lowest BCUT2D eigenvalue weighted by Gasteiger charge is -2.40. The number of ether oxygens (including phenoxy) is 1. The summed E-state index contributed by atoms with van der Waals surface area (Å²) in [6.07, 6.45) is -0.149. The molecule has 2 fully saturated rings. The monoisotopic (exact) mass is 519 g/mol. The quantitative estimate of drug-likeness (QED) is 0.575. The van der Waals surface area contributed by atoms with Crippen LogP contribution in [-0.2, 0) is 22.5 Å². The Kier molecular flexibility index (Phi) is 7.41. The van der Waals surface area contributed by atoms with Crippen LogP contribution in [0.3, 0.4) is 0 Å². The number of hydrogen-bond acceptors (Lipinski definition) is 5. The molecule has 3 aliphatic rings. The number of imidazole rings is 1. The van der Waals surface area contributed by atoms with Crippen molar-refractivity contribution < 1.29 is 27.5 Å². The molecule has 8 nitrogen and oxygen atoms in total. The van der Waals surface area contributed by atoms with Crippen molar-refractivity contribution in [2.75, 3.05) is 13.1 Å². The average Bonchev–Trinajstić information content (AvgIpc) is 3.42. The van der Waals surface area contributed by atoms with Crippen LogP contribution < -0.4 is 5.32 Å². The van der Waals surface area contributed by atoms with Crippen LogP contribution in [0, 0.1) is 0 Å². The van der Waals surface area contributed by atoms with Crippen molar-refractivity contribution in [3.63, 3.8) is 0 Å². The van der Waals surface area contributed by atoms with E-state index in [1.807, 2.05) is 30.3 Å². The van der Waals surface area contributed by atoms with Crippen LogP contribution in [0.25, 0.3) is 0 Å². The van der Waals surface area contributed by atoms with Gasteiger partial charge >= 0.3 is 12.3 Å². The largest absolute Gasteiger partial charge is 0.446 e. The zero-order chi connectivity index (χ0) is 26.0. The maximum Gasteiger partial charge on any atom is 0.410 e. The molecular weight excluding hydrogens is 487 g/mol. The average molecular weight is 520 g/mol. The minimum absolute atomic E-state index is 0.152. The summed E-state index contributed by atoms with van der Waals surface area (Å²) < 4.78 is 44.1. The highest BCUT2D eigenvalue weighted by molar-refractivity contribution is 5.77. The molecule has 1 aromatic carbocycles. The summed E-state index contributed by atoms with van der Waals surface area (Å²) in [7, 11) is 0. The molecule has 37 heavy (non-hydrogen) atoms. The molecule has 200 valence electrons. The van der Waals surface area contributed by atoms with Gasteiger partial charge in [-0.1, -0.05) is 30.3 Å². The molecule has 0 radical (unpaired) electrons. The van der Waals surface area contributed by atoms with E-state index in [0.29, 0.717) is 32.5 Å². The Balaban J connectivity index is 1.15. The number of fused-ring (bicyclic) bond motifs is 3. The van der Waals surface area contributed by atoms with Gasteiger partial charge in [0.05, 0.1) is 30.3 Å². The number of amides is 2. The van der Waals surface area contributed by atoms with Crippen molar-refractivity contribution >= 4 is 12.0 Å². The van der Waals surface area contributed by atoms with Gasteiger partial charge in [-0.15, -0.1) is 0 Å². The molecule has 4 heterocycles. The number of hydrogen-bond donors (Lipinski definition) is 2. The summed E-state index contributed by atoms with van der Waals surface area (Å²) in [5, 5.41) is 2.59. The number of carbonyl (C=O) groups is 2. The SMILES string of the molecule is O=C(CC(F)(F)F)N[C@@H](CCN1C2CCC1CC(OC(=O)N1CCc3nc[nH]c3C1)C2)c1ccccc1. The number of alkyl halides is 3. The van der Waals surface area contributed by atoms with Crippen LogP contribution in [0.4, 0.5) is 18.0 Å². The topological polar surface area (TPSA) is 90.6 Å². The van der Waals surface area contributed by atoms with E-state index in [1.54, 1.807) is 11.2 Å². The van der Waals surface area contributed by atoms with Crippen LogP contribution in [0.2, 0.25) is 0 Å². The first kappa shape index (κ1) is 25.6. The normalized spacial score (nSPS) is 24.4. The number of halogens is 3. The van der Waals surface area contributed by atoms with Gasteiger partial charge in [-0.3, -0.25) is 9.69 Å². The van der Waals surface area contributed by atoms with Crippen molar-refractivity contribution in [2.24, 2.45) is 0 Å². The maximum absolute atomic E-state index is 12.8. The second-order valence-corrected chi connectivity index (χ2v) is 10.2. The van der Waals surface area contributed by atoms with Crippen molar-refractivity contribution in [1.29, 1.82) is 0 Å². The Bertz CT molecular complexity index is 1080. The van der Waals surface area contributed by atoms with Crippen LogP contribution in [0.1, 0.15) is 61.5 Å². The van der Waals surface area contributed by atoms with Crippen LogP contribution in [0.15, 0.2) is 36.7 Å². The third kappa shape index (κ3) is 6.26. The Labute approximate surface area is 213 Å². The van der Waals surface area contributed by atoms with Crippen molar-refractivity contribution in [1.82, 2.24) is 25.1 Å². The molecule has 2 N–H and O–H groups in total. The summed E-state index contributed by atoms with van der Waals surface area (Å²) in [5.41, 5.74) is 2.74. The van der Waals surface area contributed by atoms with E-state index in [1.165, 1.54) is 0 Å². The molecule has 3 atom stereocenters. The molecule has 2 amide bonds. The molecule has 0 aliphatic carbocycles. The lowest BCUT2D eigenvalue weighted by molar-refractivity contribution is -0.154. The smallest absolute Gasteiger partial charge is 0.410 e. The minimum Gasteiger partial charge on any atom is -0.446 e. The second kappa shape index (κ2) is 10.7. The zero-order valence-electron chi connectivity index (χ0n) is 20.5. The van der Waals surface area contributed by atoms with E-state index in [0.717, 1.165) is 42.6 Å². The predicted octanol–water partition coefficient (Wildman–Crippen LogP) is 4.10. The lowest BCUT2D eigenvalue weighted by Crippen LogP contribution is -2.48. The number of nitrogens with zero attached hydrogens (tertiary/aromatic N) is 3. The van der Waals surface area contributed by atoms with E-state index >= 15 is 0 Å². The van der Waals surface area contributed by atoms with Gasteiger partial charge in [0.2, 0.25) is 5.91 Å². The Morgan fingerprint density at radius 1 is 1.16 bits per heavy atom. The van der Waals surface area contributed by atoms with Gasteiger partial charge in [-0.2, -0.15) is 13.2 Å². The molecule has 0 spiro atoms. The van der Waals surface area contributed by atoms with E-state index < -0.39 is 24.5 Å². The highest BCUT2D eigenvalue weighted by atomic mass is 19.4. The lowest BCUT2D eigenvalue weighted by atomic mass is 9.97. The van der Waals surface area contributed by atoms with Crippen molar-refractivity contribution in [3.05, 3.63) is 53.6 Å². The van der Waals surface area contributed by atoms with Crippen molar-refractivity contribution in [3.8, 4) is 0 Å². The molecule has 3 aliphatic heterocycles. The Hall–Kier alpha value is -3.08. The summed E-state index contributed by atoms with van der Waals surface area (Å²) >= 11 is 0. The first-order chi connectivity index (χ1) is 17.7. The second-order valence-electron chi connectivity index (χ2n) is 10.2. The standard InChI is InChI=1S/C26H32F3N5O3/c27-26(28,29)14-24(35)32-21(17-4-2-1-3-5-17)9-11-34-18-6-7-19(34)13-20(12-18)37-25(36)33-10-8-22-23(15-33)31-16-30-22/h1-5,16,18-21H,6-15H2,(H,30,31)(H,32,35)/t18?,19?,20?,21-/m0/s1. The van der Waals surface area contributed by atoms with Gasteiger partial charge in [0.15, 0.2) is 0 Å². The first-order valence-corrected chi connectivity index (χ1v) is 12.9. The number of H-pyrrole nitrogens is 1. The first-order valence-electron chi connectivity index (χ1n) is 12.9. The molecule has 2 unspecified atom stereocenters. The zero-order valence-corrected chi connectivity index (χ0v) is 20.5. The van der Waals surface area contributed by atoms with E-state index in [4.69, 9.17) is 4.74 Å². The Morgan fingerprint density at radius 3 is 2.59 bits per heavy atom. The van der Waals surface area contributed by atoms with Gasteiger partial charge in [0.25, 0.3) is 0 Å². The molecule has 2 bridgehead atoms. The molecular formula is C26H32F3N5O3. The molecule has 5 rings (SSSR count). The van der Waals surface area contributed by atoms with E-state index in [9.17, 15) is 22.8 Å². The fourth-order valence-corrected chi connectivity index (χ4v) is 5.98. The fraction of sp³-hybridized carbons (Fsp3) is 0.577. The number of carbonyl (C=O) groups excluding carboxylic acids is 2. The minimum atomic E-state index is -4.54. The van der Waals surface area contributed by atoms with Gasteiger partial charge in [-0.25, -0.2) is 9.78 Å². The predicted molar refractivity (Wildman–Crippen MR) is 128 cm³/mol. The third-order valence-electron chi connectivity index (χ3n) is 7.72. The highest BCUT2D eigenvalue weighted by Crippen LogP contribution is 2.38. The summed E-state index contributed by atoms with van der Waals surface area (Å²) in [6.45, 7) is 1.71. The fourth-order valence-electron chi connectivity index (χ4n) is 5.98. The van der Waals surface area contributed by atoms with Gasteiger partial charge in [-0.05, 0) is 24.8 Å². The number of piperidine rings is 1. The summed E-state index contributed by atoms with van der Waals surface area (Å²) in [4.78, 5) is 36.3. The van der Waals surface area contributed by atoms with Gasteiger partial charge in [0.1, 0.15) is 12.5 Å². The molecule has 2 aromatic rings. The number of benzene rings is 1. The molecule has 11 heteroatoms. The number of aromatic nitrogens is 2. The Morgan fingerprint density at radius 2 is 1.89 bits per heavy atom. The van der Waals surface area contributed by atoms with Crippen molar-refractivity contribution in [2.45, 2.75) is 81.9 Å². The van der Waals surface area contributed by atoms with Crippen LogP contribution in [-0.4, -0.2) is 69.2 Å². The van der Waals surface area contributed by atoms with Gasteiger partial charge in [0, 0.05) is 44.4 Å². The third-order valence-corrected chi connectivity index (χ3v) is 7.72. The summed E-state index contributed by atoms with van der Waals surface area (Å²) in [5.74, 6) is -1.02. The van der Waals surface area contributed by atoms with Crippen LogP contribution >= 0.6 is 0 Å². The molecule has 0 saturated carbocycles. The summed E-state index contributed by atoms with van der Waals surface area (Å²) in [6, 6.07) is 9.12. The number of nitrogens with one attached hydrogen (secondary N) is 2. The van der Waals surface area contributed by atoms with E-state index in [2.05, 4.69) is 20.2 Å². The number of aromatic amines is 1. The van der Waals surface area contributed by atoms with E-state index in [-0.39, 0.29) is 24.3 Å². The highest BCUT2D eigenvalue weighted by Gasteiger charge is 2.42. The maximum atomic E-state index is 12.8.